The summed E-state index contributed by atoms with van der Waals surface area (Å²) in [6, 6.07) is 14.0. The Morgan fingerprint density at radius 1 is 0.581 bits per heavy atom. The maximum absolute atomic E-state index is 2.39. The van der Waals surface area contributed by atoms with Crippen LogP contribution in [0, 0.1) is 11.8 Å². The topological polar surface area (TPSA) is 0 Å². The standard InChI is InChI=1S/C28H38S3/c1-3-5-6-8-21-9-11-22(12-10-21)13-14-24-16-18-26(30-24)28-20-19-27(31-28)25-17-15-23(29-25)7-4-2/h15-22H,3-14H2,1-2H3. The molecule has 3 heterocycles. The highest BCUT2D eigenvalue weighted by atomic mass is 32.1. The van der Waals surface area contributed by atoms with Gasteiger partial charge in [-0.25, -0.2) is 0 Å². The normalized spacial score (nSPS) is 19.2. The van der Waals surface area contributed by atoms with E-state index in [9.17, 15) is 0 Å². The summed E-state index contributed by atoms with van der Waals surface area (Å²) in [6.07, 6.45) is 16.8. The van der Waals surface area contributed by atoms with E-state index in [0.29, 0.717) is 0 Å². The number of rotatable bonds is 11. The molecule has 0 radical (unpaired) electrons. The lowest BCUT2D eigenvalue weighted by atomic mass is 9.78. The molecule has 1 fully saturated rings. The van der Waals surface area contributed by atoms with Crippen molar-refractivity contribution >= 4 is 34.0 Å². The number of hydrogen-bond acceptors (Lipinski definition) is 3. The summed E-state index contributed by atoms with van der Waals surface area (Å²) in [4.78, 5) is 8.84. The molecule has 0 atom stereocenters. The monoisotopic (exact) mass is 470 g/mol. The highest BCUT2D eigenvalue weighted by molar-refractivity contribution is 7.26. The van der Waals surface area contributed by atoms with E-state index in [-0.39, 0.29) is 0 Å². The van der Waals surface area contributed by atoms with Gasteiger partial charge in [0.25, 0.3) is 0 Å². The molecule has 0 N–H and O–H groups in total. The first-order valence-corrected chi connectivity index (χ1v) is 15.0. The Morgan fingerprint density at radius 3 is 1.68 bits per heavy atom. The van der Waals surface area contributed by atoms with E-state index in [1.807, 2.05) is 34.0 Å². The molecule has 0 bridgehead atoms. The van der Waals surface area contributed by atoms with Gasteiger partial charge in [0.2, 0.25) is 0 Å². The first-order valence-electron chi connectivity index (χ1n) is 12.5. The van der Waals surface area contributed by atoms with Crippen LogP contribution in [0.2, 0.25) is 0 Å². The molecule has 3 heteroatoms. The van der Waals surface area contributed by atoms with Crippen LogP contribution in [0.25, 0.3) is 19.5 Å². The number of thiophene rings is 3. The molecule has 0 nitrogen and oxygen atoms in total. The van der Waals surface area contributed by atoms with Crippen LogP contribution in [-0.2, 0) is 12.8 Å². The Balaban J connectivity index is 1.26. The van der Waals surface area contributed by atoms with Gasteiger partial charge in [0.1, 0.15) is 0 Å². The van der Waals surface area contributed by atoms with E-state index in [1.165, 1.54) is 101 Å². The van der Waals surface area contributed by atoms with Crippen molar-refractivity contribution in [3.8, 4) is 19.5 Å². The molecular weight excluding hydrogens is 433 g/mol. The summed E-state index contributed by atoms with van der Waals surface area (Å²) in [7, 11) is 0. The van der Waals surface area contributed by atoms with Gasteiger partial charge in [0.05, 0.1) is 0 Å². The molecule has 31 heavy (non-hydrogen) atoms. The third-order valence-electron chi connectivity index (χ3n) is 6.89. The minimum Gasteiger partial charge on any atom is -0.139 e. The molecule has 1 saturated carbocycles. The second kappa shape index (κ2) is 11.8. The Hall–Kier alpha value is -0.900. The molecule has 1 aliphatic rings. The number of aryl methyl sites for hydroxylation is 2. The molecule has 168 valence electrons. The molecule has 0 saturated heterocycles. The summed E-state index contributed by atoms with van der Waals surface area (Å²) < 4.78 is 0. The lowest BCUT2D eigenvalue weighted by Crippen LogP contribution is -2.15. The van der Waals surface area contributed by atoms with Gasteiger partial charge in [0, 0.05) is 29.3 Å². The molecule has 4 rings (SSSR count). The van der Waals surface area contributed by atoms with Crippen molar-refractivity contribution in [3.05, 3.63) is 46.2 Å². The summed E-state index contributed by atoms with van der Waals surface area (Å²) in [5.74, 6) is 2.00. The van der Waals surface area contributed by atoms with E-state index in [2.05, 4.69) is 50.2 Å². The Bertz CT molecular complexity index is 904. The fourth-order valence-corrected chi connectivity index (χ4v) is 8.30. The zero-order valence-corrected chi connectivity index (χ0v) is 21.8. The zero-order valence-electron chi connectivity index (χ0n) is 19.3. The van der Waals surface area contributed by atoms with E-state index >= 15 is 0 Å². The third-order valence-corrected chi connectivity index (χ3v) is 10.7. The second-order valence-electron chi connectivity index (χ2n) is 9.37. The lowest BCUT2D eigenvalue weighted by molar-refractivity contribution is 0.249. The van der Waals surface area contributed by atoms with Gasteiger partial charge in [-0.2, -0.15) is 0 Å². The van der Waals surface area contributed by atoms with Crippen molar-refractivity contribution in [1.29, 1.82) is 0 Å². The lowest BCUT2D eigenvalue weighted by Gasteiger charge is -2.28. The molecular formula is C28H38S3. The first-order chi connectivity index (χ1) is 15.2. The maximum Gasteiger partial charge on any atom is 0.0449 e. The van der Waals surface area contributed by atoms with Gasteiger partial charge in [-0.1, -0.05) is 71.6 Å². The third kappa shape index (κ3) is 6.55. The van der Waals surface area contributed by atoms with Crippen LogP contribution in [0.15, 0.2) is 36.4 Å². The second-order valence-corrected chi connectivity index (χ2v) is 12.8. The van der Waals surface area contributed by atoms with Gasteiger partial charge in [-0.3, -0.25) is 0 Å². The Morgan fingerprint density at radius 2 is 1.10 bits per heavy atom. The van der Waals surface area contributed by atoms with Crippen LogP contribution in [0.1, 0.15) is 87.8 Å². The van der Waals surface area contributed by atoms with Crippen molar-refractivity contribution in [1.82, 2.24) is 0 Å². The van der Waals surface area contributed by atoms with Crippen molar-refractivity contribution < 1.29 is 0 Å². The summed E-state index contributed by atoms with van der Waals surface area (Å²) in [5.41, 5.74) is 0. The minimum absolute atomic E-state index is 0.970. The van der Waals surface area contributed by atoms with E-state index in [1.54, 1.807) is 4.88 Å². The quantitative estimate of drug-likeness (QED) is 0.244. The van der Waals surface area contributed by atoms with Crippen molar-refractivity contribution in [2.75, 3.05) is 0 Å². The van der Waals surface area contributed by atoms with Crippen LogP contribution >= 0.6 is 34.0 Å². The fraction of sp³-hybridized carbons (Fsp3) is 0.571. The Labute approximate surface area is 201 Å². The van der Waals surface area contributed by atoms with Gasteiger partial charge < -0.3 is 0 Å². The Kier molecular flexibility index (Phi) is 8.87. The van der Waals surface area contributed by atoms with Crippen LogP contribution in [0.3, 0.4) is 0 Å². The molecule has 0 aliphatic heterocycles. The molecule has 0 unspecified atom stereocenters. The summed E-state index contributed by atoms with van der Waals surface area (Å²) >= 11 is 5.95. The van der Waals surface area contributed by atoms with Gasteiger partial charge in [-0.05, 0) is 67.5 Å². The van der Waals surface area contributed by atoms with E-state index in [4.69, 9.17) is 0 Å². The highest BCUT2D eigenvalue weighted by Gasteiger charge is 2.21. The fourth-order valence-electron chi connectivity index (χ4n) is 4.98. The van der Waals surface area contributed by atoms with Gasteiger partial charge >= 0.3 is 0 Å². The van der Waals surface area contributed by atoms with E-state index in [0.717, 1.165) is 11.8 Å². The predicted octanol–water partition coefficient (Wildman–Crippen LogP) is 10.5. The van der Waals surface area contributed by atoms with Crippen molar-refractivity contribution in [3.63, 3.8) is 0 Å². The first kappa shape index (κ1) is 23.3. The van der Waals surface area contributed by atoms with Crippen molar-refractivity contribution in [2.45, 2.75) is 90.9 Å². The maximum atomic E-state index is 2.39. The molecule has 0 aromatic carbocycles. The summed E-state index contributed by atoms with van der Waals surface area (Å²) in [5, 5.41) is 0. The van der Waals surface area contributed by atoms with Crippen LogP contribution in [0.5, 0.6) is 0 Å². The van der Waals surface area contributed by atoms with Crippen LogP contribution in [-0.4, -0.2) is 0 Å². The SMILES string of the molecule is CCCCCC1CCC(CCc2ccc(-c3ccc(-c4ccc(CCC)s4)s3)s2)CC1. The largest absolute Gasteiger partial charge is 0.139 e. The van der Waals surface area contributed by atoms with Crippen molar-refractivity contribution in [2.24, 2.45) is 11.8 Å². The molecule has 0 spiro atoms. The van der Waals surface area contributed by atoms with Gasteiger partial charge in [0.15, 0.2) is 0 Å². The number of unbranched alkanes of at least 4 members (excludes halogenated alkanes) is 2. The minimum atomic E-state index is 0.970. The molecule has 1 aliphatic carbocycles. The smallest absolute Gasteiger partial charge is 0.0449 e. The highest BCUT2D eigenvalue weighted by Crippen LogP contribution is 2.41. The zero-order chi connectivity index (χ0) is 21.5. The van der Waals surface area contributed by atoms with Crippen LogP contribution in [0.4, 0.5) is 0 Å². The molecule has 3 aromatic rings. The summed E-state index contributed by atoms with van der Waals surface area (Å²) in [6.45, 7) is 4.58. The molecule has 0 amide bonds. The molecule has 3 aromatic heterocycles. The van der Waals surface area contributed by atoms with Gasteiger partial charge in [-0.15, -0.1) is 34.0 Å². The van der Waals surface area contributed by atoms with E-state index < -0.39 is 0 Å². The van der Waals surface area contributed by atoms with Crippen LogP contribution < -0.4 is 0 Å². The average Bonchev–Trinajstić information content (AvgIpc) is 3.54. The number of hydrogen-bond donors (Lipinski definition) is 0. The average molecular weight is 471 g/mol. The predicted molar refractivity (Wildman–Crippen MR) is 143 cm³/mol.